The lowest BCUT2D eigenvalue weighted by Gasteiger charge is -2.27. The molecule has 32 nitrogen and oxygen atoms in total. The average molecular weight is 1980 g/mol. The molecule has 8 aromatic rings. The Morgan fingerprint density at radius 2 is 0.604 bits per heavy atom. The lowest BCUT2D eigenvalue weighted by atomic mass is 9.98. The highest BCUT2D eigenvalue weighted by atomic mass is 32.1. The number of aromatic nitrogens is 8. The summed E-state index contributed by atoms with van der Waals surface area (Å²) >= 11 is 4.83. The lowest BCUT2D eigenvalue weighted by Crippen LogP contribution is -2.38. The van der Waals surface area contributed by atoms with Crippen molar-refractivity contribution < 1.29 is 58.8 Å². The predicted molar refractivity (Wildman–Crippen MR) is 547 cm³/mol. The van der Waals surface area contributed by atoms with Crippen LogP contribution < -0.4 is 42.5 Å². The van der Waals surface area contributed by atoms with Crippen molar-refractivity contribution in [2.24, 2.45) is 23.7 Å². The first kappa shape index (κ1) is 103. The summed E-state index contributed by atoms with van der Waals surface area (Å²) in [5, 5.41) is 65.8. The highest BCUT2D eigenvalue weighted by Gasteiger charge is 2.48. The number of hydrogen-bond acceptors (Lipinski definition) is 28. The van der Waals surface area contributed by atoms with Crippen LogP contribution in [0.3, 0.4) is 0 Å². The molecule has 36 heteroatoms. The predicted octanol–water partition coefficient (Wildman–Crippen LogP) is 16.1. The minimum absolute atomic E-state index is 0.0236. The molecule has 14 heterocycles. The zero-order valence-electron chi connectivity index (χ0n) is 84.1. The number of rotatable bonds is 32. The van der Waals surface area contributed by atoms with Crippen molar-refractivity contribution >= 4 is 116 Å². The number of amides is 8. The van der Waals surface area contributed by atoms with Crippen molar-refractivity contribution in [2.75, 3.05) is 60.5 Å². The quantitative estimate of drug-likeness (QED) is 0.0186. The Hall–Kier alpha value is -10.1. The van der Waals surface area contributed by atoms with Crippen LogP contribution in [0.1, 0.15) is 336 Å². The summed E-state index contributed by atoms with van der Waals surface area (Å²) in [5.74, 6) is 3.99. The topological polar surface area (TPSA) is 430 Å². The van der Waals surface area contributed by atoms with E-state index in [0.29, 0.717) is 97.2 Å². The summed E-state index contributed by atoms with van der Waals surface area (Å²) in [6, 6.07) is 10.5. The number of thiazole rings is 4. The number of pyridine rings is 4. The second kappa shape index (κ2) is 42.2. The number of fused-ring (bicyclic) bond motifs is 4. The van der Waals surface area contributed by atoms with Gasteiger partial charge in [0.05, 0.1) is 41.9 Å². The van der Waals surface area contributed by atoms with Crippen LogP contribution in [-0.2, 0) is 0 Å². The maximum Gasteiger partial charge on any atom is 0.280 e. The Kier molecular flexibility index (Phi) is 31.4. The fourth-order valence-corrected chi connectivity index (χ4v) is 23.7. The zero-order valence-corrected chi connectivity index (χ0v) is 87.3. The summed E-state index contributed by atoms with van der Waals surface area (Å²) in [6.07, 6.45) is 29.3. The summed E-state index contributed by atoms with van der Waals surface area (Å²) in [5.41, 5.74) is 4.21. The second-order valence-electron chi connectivity index (χ2n) is 43.6. The molecule has 12 N–H and O–H groups in total. The van der Waals surface area contributed by atoms with Gasteiger partial charge < -0.3 is 82.6 Å². The third-order valence-corrected chi connectivity index (χ3v) is 32.8. The molecular formula is C103H142N20O12S4. The van der Waals surface area contributed by atoms with Crippen LogP contribution in [0.4, 0.5) is 23.3 Å². The van der Waals surface area contributed by atoms with Crippen LogP contribution >= 0.6 is 45.3 Å². The minimum Gasteiger partial charge on any atom is -0.389 e. The van der Waals surface area contributed by atoms with E-state index in [1.807, 2.05) is 85.4 Å². The first-order chi connectivity index (χ1) is 65.6. The normalized spacial score (nSPS) is 20.7. The van der Waals surface area contributed by atoms with Gasteiger partial charge in [0.1, 0.15) is 46.0 Å². The molecule has 0 aromatic carbocycles. The minimum atomic E-state index is -1.04. The van der Waals surface area contributed by atoms with Crippen LogP contribution in [0.2, 0.25) is 0 Å². The van der Waals surface area contributed by atoms with Crippen LogP contribution in [0, 0.1) is 51.4 Å². The molecule has 139 heavy (non-hydrogen) atoms. The third-order valence-electron chi connectivity index (χ3n) is 28.4. The van der Waals surface area contributed by atoms with E-state index >= 15 is 0 Å². The van der Waals surface area contributed by atoms with Crippen molar-refractivity contribution in [3.8, 4) is 41.8 Å². The number of nitrogens with one attached hydrogen (secondary N) is 8. The van der Waals surface area contributed by atoms with E-state index in [2.05, 4.69) is 117 Å². The number of aliphatic hydroxyl groups is 4. The standard InChI is InChI=1S/2C26H35N5O3S.C26H37N5O3S.C25H35N5O3S/c2*1-14-11-20(29-15(2)16-5-6-16)27-12-19(14)22-21(25(33)31-17-7-8-18(31)10-9-17)30-24(35-22)23(32)28-13-26(3,4)34;1-15-12-19(30-26(5,6)17-9-10-17)27-13-18(15)21-20(24(33)31-11-7-8-16(31)2)29-23(35-21)22(32)28-14-25(3,4)34;1-14-11-19(28-16(3)17-8-9-17)26-12-18(14)21-20(24(32)30-10-6-7-15(30)2)29-23(34-21)22(31)27-13-25(4,5)33/h2*11-12,15-18,34H,5-10,13H2,1-4H3,(H,27,29)(H,28,32);12-13,16-17,34H,7-11,14H2,1-6H3,(H,27,30)(H,28,32);11-12,15-17,33H,6-10,13H2,1-5H3,(H,26,28)(H,27,31)/t2*15-,17?,18?;16-;15-,16+/m0000/s1. The van der Waals surface area contributed by atoms with E-state index in [-0.39, 0.29) is 123 Å². The van der Waals surface area contributed by atoms with Gasteiger partial charge in [-0.3, -0.25) is 38.4 Å². The molecule has 5 atom stereocenters. The zero-order chi connectivity index (χ0) is 100.0. The fourth-order valence-electron chi connectivity index (χ4n) is 19.5. The maximum absolute atomic E-state index is 13.7. The molecule has 4 bridgehead atoms. The third kappa shape index (κ3) is 25.7. The maximum atomic E-state index is 13.7. The van der Waals surface area contributed by atoms with Gasteiger partial charge in [-0.25, -0.2) is 39.9 Å². The van der Waals surface area contributed by atoms with Gasteiger partial charge in [0, 0.05) is 146 Å². The summed E-state index contributed by atoms with van der Waals surface area (Å²) in [6.45, 7) is 37.8. The van der Waals surface area contributed by atoms with E-state index in [1.165, 1.54) is 96.7 Å². The van der Waals surface area contributed by atoms with Crippen molar-refractivity contribution in [2.45, 2.75) is 342 Å². The Bertz CT molecular complexity index is 5650. The molecular weight excluding hydrogens is 1840 g/mol. The molecule has 10 fully saturated rings. The Labute approximate surface area is 832 Å². The first-order valence-electron chi connectivity index (χ1n) is 49.9. The van der Waals surface area contributed by atoms with Crippen molar-refractivity contribution in [3.05, 3.63) is 114 Å². The molecule has 4 aliphatic carbocycles. The second-order valence-corrected chi connectivity index (χ2v) is 47.6. The lowest BCUT2D eigenvalue weighted by molar-refractivity contribution is 0.0691. The van der Waals surface area contributed by atoms with Gasteiger partial charge in [-0.15, -0.1) is 45.3 Å². The van der Waals surface area contributed by atoms with E-state index in [1.54, 1.807) is 80.2 Å². The van der Waals surface area contributed by atoms with Crippen LogP contribution in [-0.4, -0.2) is 249 Å². The number of hydrogen-bond donors (Lipinski definition) is 12. The van der Waals surface area contributed by atoms with Crippen molar-refractivity contribution in [1.82, 2.24) is 80.7 Å². The highest BCUT2D eigenvalue weighted by molar-refractivity contribution is 7.18. The number of nitrogens with zero attached hydrogens (tertiary/aromatic N) is 12. The number of aryl methyl sites for hydroxylation is 4. The summed E-state index contributed by atoms with van der Waals surface area (Å²) < 4.78 is 0. The summed E-state index contributed by atoms with van der Waals surface area (Å²) in [4.78, 5) is 153. The van der Waals surface area contributed by atoms with Crippen LogP contribution in [0.5, 0.6) is 0 Å². The van der Waals surface area contributed by atoms with E-state index in [9.17, 15) is 58.8 Å². The van der Waals surface area contributed by atoms with Gasteiger partial charge in [-0.05, 0) is 330 Å². The molecule has 8 aromatic heterocycles. The number of anilines is 4. The summed E-state index contributed by atoms with van der Waals surface area (Å²) in [7, 11) is 0. The Balaban J connectivity index is 0.000000140. The van der Waals surface area contributed by atoms with Crippen molar-refractivity contribution in [3.63, 3.8) is 0 Å². The number of carbonyl (C=O) groups excluding carboxylic acids is 8. The van der Waals surface area contributed by atoms with Gasteiger partial charge in [0.15, 0.2) is 20.0 Å². The highest BCUT2D eigenvalue weighted by Crippen LogP contribution is 2.47. The fraction of sp³-hybridized carbons (Fsp3) is 0.612. The van der Waals surface area contributed by atoms with E-state index < -0.39 is 34.2 Å². The molecule has 4 saturated carbocycles. The monoisotopic (exact) mass is 1980 g/mol. The Morgan fingerprint density at radius 3 is 0.827 bits per heavy atom. The number of likely N-dealkylation sites (tertiary alicyclic amines) is 2. The van der Waals surface area contributed by atoms with Gasteiger partial charge in [0.25, 0.3) is 47.3 Å². The first-order valence-corrected chi connectivity index (χ1v) is 53.2. The molecule has 0 spiro atoms. The molecule has 6 saturated heterocycles. The van der Waals surface area contributed by atoms with E-state index in [0.717, 1.165) is 145 Å². The average Bonchev–Trinajstić information content (AvgIpc) is 1.63. The van der Waals surface area contributed by atoms with Crippen molar-refractivity contribution in [1.29, 1.82) is 0 Å². The Morgan fingerprint density at radius 1 is 0.360 bits per heavy atom. The molecule has 750 valence electrons. The van der Waals surface area contributed by atoms with Gasteiger partial charge in [0.2, 0.25) is 0 Å². The van der Waals surface area contributed by atoms with Crippen LogP contribution in [0.25, 0.3) is 41.8 Å². The molecule has 0 unspecified atom stereocenters. The van der Waals surface area contributed by atoms with Gasteiger partial charge in [-0.2, -0.15) is 0 Å². The SMILES string of the molecule is Cc1cc(NC(C)(C)C2CC2)ncc1-c1sc(C(=O)NCC(C)(C)O)nc1C(=O)N1CCC[C@@H]1C.Cc1cc(N[C@@H](C)C2CC2)ncc1-c1sc(C(=O)NCC(C)(C)O)nc1C(=O)N1C2CCC1CC2.Cc1cc(N[C@@H](C)C2CC2)ncc1-c1sc(C(=O)NCC(C)(C)O)nc1C(=O)N1C2CCC1CC2.Cc1cc(N[C@H](C)C2CC2)ncc1-c1sc(C(=O)NCC(C)(C)O)nc1C(=O)N1CCC[C@@H]1C. The smallest absolute Gasteiger partial charge is 0.280 e. The number of carbonyl (C=O) groups is 8. The van der Waals surface area contributed by atoms with E-state index in [4.69, 9.17) is 0 Å². The molecule has 8 amide bonds. The van der Waals surface area contributed by atoms with Gasteiger partial charge >= 0.3 is 0 Å². The van der Waals surface area contributed by atoms with Gasteiger partial charge in [-0.1, -0.05) is 0 Å². The largest absolute Gasteiger partial charge is 0.389 e. The molecule has 0 radical (unpaired) electrons. The van der Waals surface area contributed by atoms with Crippen LogP contribution in [0.15, 0.2) is 49.1 Å². The molecule has 6 aliphatic heterocycles. The molecule has 18 rings (SSSR count). The molecule has 10 aliphatic rings.